The quantitative estimate of drug-likeness (QED) is 0.902. The molecule has 0 saturated carbocycles. The molecule has 0 bridgehead atoms. The largest absolute Gasteiger partial charge is 0.444 e. The van der Waals surface area contributed by atoms with Crippen LogP contribution in [-0.2, 0) is 18.3 Å². The van der Waals surface area contributed by atoms with Crippen molar-refractivity contribution in [3.05, 3.63) is 11.9 Å². The molecular weight excluding hydrogens is 270 g/mol. The van der Waals surface area contributed by atoms with Crippen molar-refractivity contribution in [3.8, 4) is 0 Å². The van der Waals surface area contributed by atoms with Gasteiger partial charge in [0.05, 0.1) is 5.69 Å². The lowest BCUT2D eigenvalue weighted by atomic mass is 10.1. The van der Waals surface area contributed by atoms with Crippen LogP contribution in [-0.4, -0.2) is 51.2 Å². The van der Waals surface area contributed by atoms with Gasteiger partial charge in [-0.15, -0.1) is 5.10 Å². The maximum atomic E-state index is 12.0. The molecule has 1 amide bonds. The number of ether oxygens (including phenoxy) is 1. The van der Waals surface area contributed by atoms with E-state index in [2.05, 4.69) is 15.6 Å². The highest BCUT2D eigenvalue weighted by molar-refractivity contribution is 5.68. The summed E-state index contributed by atoms with van der Waals surface area (Å²) in [6.07, 6.45) is 2.69. The van der Waals surface area contributed by atoms with Crippen LogP contribution in [0.25, 0.3) is 0 Å². The second-order valence-electron chi connectivity index (χ2n) is 6.60. The second-order valence-corrected chi connectivity index (χ2v) is 6.60. The van der Waals surface area contributed by atoms with Crippen LogP contribution in [0.4, 0.5) is 4.79 Å². The van der Waals surface area contributed by atoms with Gasteiger partial charge in [0.25, 0.3) is 0 Å². The van der Waals surface area contributed by atoms with Crippen LogP contribution >= 0.6 is 0 Å². The molecule has 0 spiro atoms. The fourth-order valence-corrected chi connectivity index (χ4v) is 2.37. The van der Waals surface area contributed by atoms with Crippen molar-refractivity contribution < 1.29 is 9.53 Å². The summed E-state index contributed by atoms with van der Waals surface area (Å²) in [5.41, 5.74) is 0.499. The van der Waals surface area contributed by atoms with Gasteiger partial charge in [-0.3, -0.25) is 4.68 Å². The molecule has 1 aromatic rings. The fourth-order valence-electron chi connectivity index (χ4n) is 2.37. The average Bonchev–Trinajstić information content (AvgIpc) is 2.97. The SMILES string of the molecule is Cn1cc(CNCC2CCN(C(=O)OC(C)(C)C)C2)nn1. The Hall–Kier alpha value is -1.63. The molecule has 1 unspecified atom stereocenters. The smallest absolute Gasteiger partial charge is 0.410 e. The van der Waals surface area contributed by atoms with E-state index in [1.54, 1.807) is 9.58 Å². The highest BCUT2D eigenvalue weighted by atomic mass is 16.6. The van der Waals surface area contributed by atoms with Gasteiger partial charge >= 0.3 is 6.09 Å². The molecule has 1 fully saturated rings. The third kappa shape index (κ3) is 5.00. The highest BCUT2D eigenvalue weighted by Gasteiger charge is 2.29. The van der Waals surface area contributed by atoms with Crippen molar-refractivity contribution in [2.24, 2.45) is 13.0 Å². The van der Waals surface area contributed by atoms with Gasteiger partial charge in [0.1, 0.15) is 5.60 Å². The molecule has 1 aliphatic rings. The summed E-state index contributed by atoms with van der Waals surface area (Å²) < 4.78 is 7.08. The molecule has 0 aliphatic carbocycles. The first-order chi connectivity index (χ1) is 9.83. The number of carbonyl (C=O) groups excluding carboxylic acids is 1. The van der Waals surface area contributed by atoms with Crippen LogP contribution in [0.15, 0.2) is 6.20 Å². The molecule has 2 rings (SSSR count). The summed E-state index contributed by atoms with van der Waals surface area (Å²) >= 11 is 0. The topological polar surface area (TPSA) is 72.3 Å². The summed E-state index contributed by atoms with van der Waals surface area (Å²) in [6, 6.07) is 0. The molecular formula is C14H25N5O2. The predicted molar refractivity (Wildman–Crippen MR) is 78.6 cm³/mol. The Balaban J connectivity index is 1.69. The minimum absolute atomic E-state index is 0.209. The van der Waals surface area contributed by atoms with Gasteiger partial charge in [-0.25, -0.2) is 4.79 Å². The summed E-state index contributed by atoms with van der Waals surface area (Å²) in [4.78, 5) is 13.8. The van der Waals surface area contributed by atoms with E-state index in [-0.39, 0.29) is 6.09 Å². The summed E-state index contributed by atoms with van der Waals surface area (Å²) in [5.74, 6) is 0.467. The Morgan fingerprint density at radius 1 is 1.52 bits per heavy atom. The predicted octanol–water partition coefficient (Wildman–Crippen LogP) is 1.16. The summed E-state index contributed by atoms with van der Waals surface area (Å²) in [6.45, 7) is 8.77. The van der Waals surface area contributed by atoms with E-state index in [1.165, 1.54) is 0 Å². The Morgan fingerprint density at radius 3 is 2.90 bits per heavy atom. The van der Waals surface area contributed by atoms with Gasteiger partial charge in [-0.2, -0.15) is 0 Å². The average molecular weight is 295 g/mol. The number of aryl methyl sites for hydroxylation is 1. The molecule has 1 saturated heterocycles. The van der Waals surface area contributed by atoms with Gasteiger partial charge in [0.15, 0.2) is 0 Å². The molecule has 1 N–H and O–H groups in total. The van der Waals surface area contributed by atoms with E-state index in [1.807, 2.05) is 34.0 Å². The lowest BCUT2D eigenvalue weighted by Crippen LogP contribution is -2.36. The molecule has 0 aromatic carbocycles. The molecule has 7 nitrogen and oxygen atoms in total. The third-order valence-electron chi connectivity index (χ3n) is 3.33. The first kappa shape index (κ1) is 15.8. The number of rotatable bonds is 4. The zero-order chi connectivity index (χ0) is 15.5. The van der Waals surface area contributed by atoms with E-state index < -0.39 is 5.60 Å². The van der Waals surface area contributed by atoms with Crippen LogP contribution in [0, 0.1) is 5.92 Å². The van der Waals surface area contributed by atoms with Crippen molar-refractivity contribution in [1.82, 2.24) is 25.2 Å². The fraction of sp³-hybridized carbons (Fsp3) is 0.786. The first-order valence-corrected chi connectivity index (χ1v) is 7.37. The van der Waals surface area contributed by atoms with Crippen molar-refractivity contribution in [1.29, 1.82) is 0 Å². The molecule has 1 atom stereocenters. The Bertz CT molecular complexity index is 480. The van der Waals surface area contributed by atoms with E-state index >= 15 is 0 Å². The molecule has 1 aliphatic heterocycles. The van der Waals surface area contributed by atoms with E-state index in [4.69, 9.17) is 4.74 Å². The van der Waals surface area contributed by atoms with Crippen molar-refractivity contribution >= 4 is 6.09 Å². The van der Waals surface area contributed by atoms with Crippen molar-refractivity contribution in [2.45, 2.75) is 39.3 Å². The Labute approximate surface area is 125 Å². The van der Waals surface area contributed by atoms with Gasteiger partial charge in [-0.05, 0) is 33.1 Å². The zero-order valence-corrected chi connectivity index (χ0v) is 13.3. The number of likely N-dealkylation sites (tertiary alicyclic amines) is 1. The monoisotopic (exact) mass is 295 g/mol. The maximum Gasteiger partial charge on any atom is 0.410 e. The minimum Gasteiger partial charge on any atom is -0.444 e. The van der Waals surface area contributed by atoms with Crippen molar-refractivity contribution in [3.63, 3.8) is 0 Å². The van der Waals surface area contributed by atoms with Gasteiger partial charge in [-0.1, -0.05) is 5.21 Å². The standard InChI is InChI=1S/C14H25N5O2/c1-14(2,3)21-13(20)19-6-5-11(9-19)7-15-8-12-10-18(4)17-16-12/h10-11,15H,5-9H2,1-4H3. The normalized spacial score (nSPS) is 19.0. The number of aromatic nitrogens is 3. The molecule has 1 aromatic heterocycles. The molecule has 7 heteroatoms. The van der Waals surface area contributed by atoms with Gasteiger partial charge < -0.3 is 15.0 Å². The molecule has 2 heterocycles. The zero-order valence-electron chi connectivity index (χ0n) is 13.3. The molecule has 0 radical (unpaired) electrons. The van der Waals surface area contributed by atoms with Gasteiger partial charge in [0.2, 0.25) is 0 Å². The number of carbonyl (C=O) groups is 1. The van der Waals surface area contributed by atoms with E-state index in [0.717, 1.165) is 31.7 Å². The van der Waals surface area contributed by atoms with E-state index in [0.29, 0.717) is 12.5 Å². The lowest BCUT2D eigenvalue weighted by Gasteiger charge is -2.24. The number of hydrogen-bond acceptors (Lipinski definition) is 5. The van der Waals surface area contributed by atoms with Gasteiger partial charge in [0, 0.05) is 39.4 Å². The summed E-state index contributed by atoms with van der Waals surface area (Å²) in [7, 11) is 1.85. The number of amides is 1. The van der Waals surface area contributed by atoms with Crippen LogP contribution in [0.3, 0.4) is 0 Å². The van der Waals surface area contributed by atoms with Crippen LogP contribution < -0.4 is 5.32 Å². The molecule has 21 heavy (non-hydrogen) atoms. The Kier molecular flexibility index (Phi) is 4.82. The third-order valence-corrected chi connectivity index (χ3v) is 3.33. The Morgan fingerprint density at radius 2 is 2.29 bits per heavy atom. The van der Waals surface area contributed by atoms with Crippen LogP contribution in [0.1, 0.15) is 32.9 Å². The first-order valence-electron chi connectivity index (χ1n) is 7.37. The van der Waals surface area contributed by atoms with E-state index in [9.17, 15) is 4.79 Å². The number of hydrogen-bond donors (Lipinski definition) is 1. The maximum absolute atomic E-state index is 12.0. The minimum atomic E-state index is -0.431. The highest BCUT2D eigenvalue weighted by Crippen LogP contribution is 2.18. The molecule has 118 valence electrons. The number of nitrogens with one attached hydrogen (secondary N) is 1. The number of nitrogens with zero attached hydrogens (tertiary/aromatic N) is 4. The van der Waals surface area contributed by atoms with Crippen molar-refractivity contribution in [2.75, 3.05) is 19.6 Å². The second kappa shape index (κ2) is 6.43. The summed E-state index contributed by atoms with van der Waals surface area (Å²) in [5, 5.41) is 11.3. The lowest BCUT2D eigenvalue weighted by molar-refractivity contribution is 0.0288. The van der Waals surface area contributed by atoms with Crippen LogP contribution in [0.2, 0.25) is 0 Å². The van der Waals surface area contributed by atoms with Crippen LogP contribution in [0.5, 0.6) is 0 Å².